The van der Waals surface area contributed by atoms with Crippen LogP contribution >= 0.6 is 11.3 Å². The Hall–Kier alpha value is -3.00. The summed E-state index contributed by atoms with van der Waals surface area (Å²) in [6, 6.07) is 6.75. The Kier molecular flexibility index (Phi) is 6.12. The highest BCUT2D eigenvalue weighted by atomic mass is 32.1. The average molecular weight is 414 g/mol. The number of hydrogen-bond donors (Lipinski definition) is 0. The second-order valence-corrected chi connectivity index (χ2v) is 8.06. The number of aromatic nitrogens is 2. The summed E-state index contributed by atoms with van der Waals surface area (Å²) in [4.78, 5) is 43.0. The number of carbonyl (C=O) groups is 2. The highest BCUT2D eigenvalue weighted by molar-refractivity contribution is 7.20. The monoisotopic (exact) mass is 414 g/mol. The zero-order valence-electron chi connectivity index (χ0n) is 16.7. The lowest BCUT2D eigenvalue weighted by Crippen LogP contribution is -2.24. The number of esters is 1. The maximum absolute atomic E-state index is 12.9. The van der Waals surface area contributed by atoms with Crippen LogP contribution in [0.2, 0.25) is 0 Å². The molecular weight excluding hydrogens is 392 g/mol. The van der Waals surface area contributed by atoms with E-state index in [-0.39, 0.29) is 23.8 Å². The first-order chi connectivity index (χ1) is 13.8. The third kappa shape index (κ3) is 4.37. The standard InChI is InChI=1S/C21H22N2O5S/c1-12(2)10-28-21(26)18-13(3)17-19(29-18)22-11-23(20(17)25)9-16(24)14-6-5-7-15(8-14)27-4/h5-8,11-12H,9-10H2,1-4H3. The molecule has 2 aromatic heterocycles. The molecule has 0 amide bonds. The van der Waals surface area contributed by atoms with Gasteiger partial charge in [-0.15, -0.1) is 11.3 Å². The molecule has 0 radical (unpaired) electrons. The molecule has 0 aliphatic rings. The molecule has 0 unspecified atom stereocenters. The number of methoxy groups -OCH3 is 1. The van der Waals surface area contributed by atoms with Gasteiger partial charge in [-0.05, 0) is 30.5 Å². The van der Waals surface area contributed by atoms with Gasteiger partial charge in [-0.1, -0.05) is 26.0 Å². The minimum atomic E-state index is -0.461. The lowest BCUT2D eigenvalue weighted by Gasteiger charge is -2.07. The van der Waals surface area contributed by atoms with Gasteiger partial charge in [0.05, 0.1) is 32.0 Å². The number of ether oxygens (including phenoxy) is 2. The Morgan fingerprint density at radius 3 is 2.72 bits per heavy atom. The number of hydrogen-bond acceptors (Lipinski definition) is 7. The largest absolute Gasteiger partial charge is 0.497 e. The van der Waals surface area contributed by atoms with Crippen LogP contribution in [0, 0.1) is 12.8 Å². The Morgan fingerprint density at radius 1 is 1.28 bits per heavy atom. The second-order valence-electron chi connectivity index (χ2n) is 7.06. The number of rotatable bonds is 7. The predicted molar refractivity (Wildman–Crippen MR) is 111 cm³/mol. The summed E-state index contributed by atoms with van der Waals surface area (Å²) in [6.45, 7) is 5.74. The maximum Gasteiger partial charge on any atom is 0.348 e. The van der Waals surface area contributed by atoms with Crippen molar-refractivity contribution in [3.63, 3.8) is 0 Å². The zero-order chi connectivity index (χ0) is 21.1. The number of carbonyl (C=O) groups excluding carboxylic acids is 2. The smallest absolute Gasteiger partial charge is 0.348 e. The van der Waals surface area contributed by atoms with Crippen LogP contribution < -0.4 is 10.3 Å². The first-order valence-corrected chi connectivity index (χ1v) is 9.96. The van der Waals surface area contributed by atoms with Gasteiger partial charge in [-0.25, -0.2) is 9.78 Å². The minimum absolute atomic E-state index is 0.155. The molecule has 8 heteroatoms. The number of Topliss-reactive ketones (excluding diaryl/α,β-unsaturated/α-hetero) is 1. The Bertz CT molecular complexity index is 1130. The Morgan fingerprint density at radius 2 is 2.03 bits per heavy atom. The van der Waals surface area contributed by atoms with Gasteiger partial charge in [0.2, 0.25) is 0 Å². The van der Waals surface area contributed by atoms with E-state index in [2.05, 4.69) is 4.98 Å². The van der Waals surface area contributed by atoms with E-state index in [9.17, 15) is 14.4 Å². The Labute approximate surface area is 171 Å². The quantitative estimate of drug-likeness (QED) is 0.435. The van der Waals surface area contributed by atoms with Crippen LogP contribution in [0.25, 0.3) is 10.2 Å². The van der Waals surface area contributed by atoms with Crippen LogP contribution in [0.1, 0.15) is 39.4 Å². The highest BCUT2D eigenvalue weighted by Crippen LogP contribution is 2.27. The molecular formula is C21H22N2O5S. The van der Waals surface area contributed by atoms with Crippen molar-refractivity contribution in [1.82, 2.24) is 9.55 Å². The molecule has 7 nitrogen and oxygen atoms in total. The van der Waals surface area contributed by atoms with E-state index in [1.807, 2.05) is 13.8 Å². The summed E-state index contributed by atoms with van der Waals surface area (Å²) in [5.74, 6) is 0.0795. The normalized spacial score (nSPS) is 11.1. The summed E-state index contributed by atoms with van der Waals surface area (Å²) < 4.78 is 11.7. The Balaban J connectivity index is 1.91. The third-order valence-corrected chi connectivity index (χ3v) is 5.54. The second kappa shape index (κ2) is 8.57. The molecule has 1 aromatic carbocycles. The fraction of sp³-hybridized carbons (Fsp3) is 0.333. The molecule has 0 aliphatic heterocycles. The number of benzene rings is 1. The lowest BCUT2D eigenvalue weighted by atomic mass is 10.1. The van der Waals surface area contributed by atoms with E-state index in [4.69, 9.17) is 9.47 Å². The van der Waals surface area contributed by atoms with Crippen LogP contribution in [-0.2, 0) is 11.3 Å². The van der Waals surface area contributed by atoms with Gasteiger partial charge in [0.15, 0.2) is 5.78 Å². The summed E-state index contributed by atoms with van der Waals surface area (Å²) >= 11 is 1.13. The van der Waals surface area contributed by atoms with Crippen LogP contribution in [0.3, 0.4) is 0 Å². The van der Waals surface area contributed by atoms with Crippen molar-refractivity contribution in [1.29, 1.82) is 0 Å². The first kappa shape index (κ1) is 20.7. The van der Waals surface area contributed by atoms with Gasteiger partial charge in [0, 0.05) is 5.56 Å². The van der Waals surface area contributed by atoms with Crippen LogP contribution in [0.5, 0.6) is 5.75 Å². The third-order valence-electron chi connectivity index (χ3n) is 4.36. The summed E-state index contributed by atoms with van der Waals surface area (Å²) in [6.07, 6.45) is 1.34. The molecule has 0 atom stereocenters. The van der Waals surface area contributed by atoms with Crippen LogP contribution in [-0.4, -0.2) is 35.0 Å². The van der Waals surface area contributed by atoms with Gasteiger partial charge in [-0.3, -0.25) is 14.2 Å². The zero-order valence-corrected chi connectivity index (χ0v) is 17.5. The molecule has 0 bridgehead atoms. The van der Waals surface area contributed by atoms with E-state index in [0.717, 1.165) is 11.3 Å². The first-order valence-electron chi connectivity index (χ1n) is 9.14. The van der Waals surface area contributed by atoms with Crippen LogP contribution in [0.15, 0.2) is 35.4 Å². The highest BCUT2D eigenvalue weighted by Gasteiger charge is 2.21. The van der Waals surface area contributed by atoms with E-state index in [0.29, 0.717) is 38.6 Å². The summed E-state index contributed by atoms with van der Waals surface area (Å²) in [7, 11) is 1.52. The van der Waals surface area contributed by atoms with Crippen molar-refractivity contribution in [3.8, 4) is 5.75 Å². The van der Waals surface area contributed by atoms with Gasteiger partial charge in [0.1, 0.15) is 15.5 Å². The maximum atomic E-state index is 12.9. The van der Waals surface area contributed by atoms with Crippen molar-refractivity contribution < 1.29 is 19.1 Å². The molecule has 3 aromatic rings. The van der Waals surface area contributed by atoms with E-state index in [1.54, 1.807) is 31.2 Å². The van der Waals surface area contributed by atoms with E-state index in [1.165, 1.54) is 18.0 Å². The molecule has 0 N–H and O–H groups in total. The topological polar surface area (TPSA) is 87.5 Å². The number of nitrogens with zero attached hydrogens (tertiary/aromatic N) is 2. The van der Waals surface area contributed by atoms with Crippen molar-refractivity contribution in [3.05, 3.63) is 57.0 Å². The summed E-state index contributed by atoms with van der Waals surface area (Å²) in [5.41, 5.74) is 0.610. The number of fused-ring (bicyclic) bond motifs is 1. The van der Waals surface area contributed by atoms with Gasteiger partial charge in [-0.2, -0.15) is 0 Å². The van der Waals surface area contributed by atoms with Crippen molar-refractivity contribution in [2.75, 3.05) is 13.7 Å². The fourth-order valence-corrected chi connectivity index (χ4v) is 3.85. The molecule has 152 valence electrons. The molecule has 2 heterocycles. The van der Waals surface area contributed by atoms with Gasteiger partial charge < -0.3 is 9.47 Å². The average Bonchev–Trinajstić information content (AvgIpc) is 3.05. The lowest BCUT2D eigenvalue weighted by molar-refractivity contribution is 0.0464. The molecule has 3 rings (SSSR count). The number of thiophene rings is 1. The fourth-order valence-electron chi connectivity index (χ4n) is 2.82. The minimum Gasteiger partial charge on any atom is -0.497 e. The SMILES string of the molecule is COc1cccc(C(=O)Cn2cnc3sc(C(=O)OCC(C)C)c(C)c3c2=O)c1. The molecule has 0 spiro atoms. The van der Waals surface area contributed by atoms with Gasteiger partial charge in [0.25, 0.3) is 5.56 Å². The predicted octanol–water partition coefficient (Wildman–Crippen LogP) is 3.47. The van der Waals surface area contributed by atoms with Crippen LogP contribution in [0.4, 0.5) is 0 Å². The van der Waals surface area contributed by atoms with E-state index >= 15 is 0 Å². The number of ketones is 1. The summed E-state index contributed by atoms with van der Waals surface area (Å²) in [5, 5.41) is 0.340. The molecule has 29 heavy (non-hydrogen) atoms. The molecule has 0 aliphatic carbocycles. The van der Waals surface area contributed by atoms with E-state index < -0.39 is 5.97 Å². The number of aryl methyl sites for hydroxylation is 1. The van der Waals surface area contributed by atoms with Gasteiger partial charge >= 0.3 is 5.97 Å². The van der Waals surface area contributed by atoms with Crippen molar-refractivity contribution in [2.24, 2.45) is 5.92 Å². The molecule has 0 saturated carbocycles. The van der Waals surface area contributed by atoms with Crippen molar-refractivity contribution >= 4 is 33.3 Å². The molecule has 0 saturated heterocycles. The van der Waals surface area contributed by atoms with Crippen molar-refractivity contribution in [2.45, 2.75) is 27.3 Å². The molecule has 0 fully saturated rings.